The van der Waals surface area contributed by atoms with Gasteiger partial charge >= 0.3 is 0 Å². The molecule has 19 heavy (non-hydrogen) atoms. The first-order valence-electron chi connectivity index (χ1n) is 7.14. The Bertz CT molecular complexity index is 380. The van der Waals surface area contributed by atoms with Crippen molar-refractivity contribution < 1.29 is 4.74 Å². The lowest BCUT2D eigenvalue weighted by Crippen LogP contribution is -2.30. The van der Waals surface area contributed by atoms with Crippen molar-refractivity contribution in [3.05, 3.63) is 29.8 Å². The van der Waals surface area contributed by atoms with Gasteiger partial charge in [0.25, 0.3) is 0 Å². The van der Waals surface area contributed by atoms with E-state index < -0.39 is 0 Å². The minimum atomic E-state index is 0.200. The van der Waals surface area contributed by atoms with Gasteiger partial charge in [0, 0.05) is 11.0 Å². The van der Waals surface area contributed by atoms with Gasteiger partial charge in [-0.2, -0.15) is 11.8 Å². The number of nitrogens with two attached hydrogens (primary N) is 1. The number of hydrazine groups is 1. The van der Waals surface area contributed by atoms with Crippen molar-refractivity contribution in [1.29, 1.82) is 0 Å². The van der Waals surface area contributed by atoms with Crippen LogP contribution in [0.4, 0.5) is 0 Å². The molecule has 3 nitrogen and oxygen atoms in total. The van der Waals surface area contributed by atoms with Gasteiger partial charge < -0.3 is 4.74 Å². The van der Waals surface area contributed by atoms with Crippen LogP contribution in [0.3, 0.4) is 0 Å². The zero-order valence-electron chi connectivity index (χ0n) is 11.6. The zero-order chi connectivity index (χ0) is 13.5. The number of nitrogens with one attached hydrogen (secondary N) is 1. The van der Waals surface area contributed by atoms with E-state index in [4.69, 9.17) is 10.6 Å². The van der Waals surface area contributed by atoms with E-state index in [2.05, 4.69) is 17.6 Å². The molecule has 1 fully saturated rings. The van der Waals surface area contributed by atoms with Gasteiger partial charge in [-0.3, -0.25) is 11.3 Å². The van der Waals surface area contributed by atoms with E-state index in [1.54, 1.807) is 0 Å². The van der Waals surface area contributed by atoms with E-state index in [0.29, 0.717) is 6.61 Å². The molecule has 3 N–H and O–H groups in total. The van der Waals surface area contributed by atoms with Crippen LogP contribution >= 0.6 is 11.8 Å². The maximum atomic E-state index is 5.71. The fraction of sp³-hybridized carbons (Fsp3) is 0.600. The average Bonchev–Trinajstić information content (AvgIpc) is 2.94. The summed E-state index contributed by atoms with van der Waals surface area (Å²) < 4.78 is 5.54. The van der Waals surface area contributed by atoms with Gasteiger partial charge in [-0.05, 0) is 37.5 Å². The number of thioether (sulfide) groups is 1. The number of hydrogen-bond donors (Lipinski definition) is 2. The van der Waals surface area contributed by atoms with E-state index in [-0.39, 0.29) is 6.04 Å². The Morgan fingerprint density at radius 1 is 1.42 bits per heavy atom. The van der Waals surface area contributed by atoms with Crippen molar-refractivity contribution in [3.63, 3.8) is 0 Å². The molecule has 4 heteroatoms. The summed E-state index contributed by atoms with van der Waals surface area (Å²) in [4.78, 5) is 0. The van der Waals surface area contributed by atoms with Crippen LogP contribution in [0.1, 0.15) is 44.2 Å². The summed E-state index contributed by atoms with van der Waals surface area (Å²) in [6.07, 6.45) is 5.50. The minimum absolute atomic E-state index is 0.200. The van der Waals surface area contributed by atoms with Crippen molar-refractivity contribution >= 4 is 11.8 Å². The van der Waals surface area contributed by atoms with Gasteiger partial charge in [-0.15, -0.1) is 0 Å². The first kappa shape index (κ1) is 14.7. The van der Waals surface area contributed by atoms with Crippen LogP contribution in [0.15, 0.2) is 24.3 Å². The molecule has 0 aromatic heterocycles. The van der Waals surface area contributed by atoms with Crippen molar-refractivity contribution in [3.8, 4) is 5.75 Å². The van der Waals surface area contributed by atoms with Crippen LogP contribution in [0.2, 0.25) is 0 Å². The molecule has 2 rings (SSSR count). The lowest BCUT2D eigenvalue weighted by molar-refractivity contribution is 0.339. The van der Waals surface area contributed by atoms with Gasteiger partial charge in [0.1, 0.15) is 5.75 Å². The van der Waals surface area contributed by atoms with Gasteiger partial charge in [0.15, 0.2) is 0 Å². The molecular formula is C15H24N2OS. The summed E-state index contributed by atoms with van der Waals surface area (Å²) in [6, 6.07) is 8.42. The highest BCUT2D eigenvalue weighted by atomic mass is 32.2. The monoisotopic (exact) mass is 280 g/mol. The molecule has 106 valence electrons. The van der Waals surface area contributed by atoms with Crippen molar-refractivity contribution in [2.75, 3.05) is 12.4 Å². The second kappa shape index (κ2) is 7.78. The van der Waals surface area contributed by atoms with Crippen LogP contribution in [0, 0.1) is 0 Å². The van der Waals surface area contributed by atoms with E-state index in [0.717, 1.165) is 16.8 Å². The molecule has 0 bridgehead atoms. The highest BCUT2D eigenvalue weighted by Gasteiger charge is 2.18. The minimum Gasteiger partial charge on any atom is -0.494 e. The Balaban J connectivity index is 1.93. The van der Waals surface area contributed by atoms with E-state index in [1.165, 1.54) is 31.2 Å². The fourth-order valence-corrected chi connectivity index (χ4v) is 3.94. The molecule has 1 aromatic carbocycles. The smallest absolute Gasteiger partial charge is 0.119 e. The first-order valence-corrected chi connectivity index (χ1v) is 8.19. The Morgan fingerprint density at radius 2 is 2.21 bits per heavy atom. The maximum absolute atomic E-state index is 5.71. The van der Waals surface area contributed by atoms with Gasteiger partial charge in [-0.25, -0.2) is 0 Å². The topological polar surface area (TPSA) is 47.3 Å². The van der Waals surface area contributed by atoms with E-state index >= 15 is 0 Å². The highest BCUT2D eigenvalue weighted by Crippen LogP contribution is 2.32. The predicted molar refractivity (Wildman–Crippen MR) is 82.4 cm³/mol. The van der Waals surface area contributed by atoms with Crippen molar-refractivity contribution in [1.82, 2.24) is 5.43 Å². The number of hydrogen-bond acceptors (Lipinski definition) is 4. The highest BCUT2D eigenvalue weighted by molar-refractivity contribution is 7.99. The Kier molecular flexibility index (Phi) is 6.01. The molecule has 1 aliphatic carbocycles. The number of ether oxygens (including phenoxy) is 1. The van der Waals surface area contributed by atoms with Crippen LogP contribution < -0.4 is 16.0 Å². The van der Waals surface area contributed by atoms with E-state index in [1.807, 2.05) is 30.8 Å². The fourth-order valence-electron chi connectivity index (χ4n) is 2.52. The molecule has 1 saturated carbocycles. The molecule has 0 aliphatic heterocycles. The third kappa shape index (κ3) is 4.41. The molecule has 1 aromatic rings. The molecule has 0 saturated heterocycles. The van der Waals surface area contributed by atoms with Gasteiger partial charge in [0.2, 0.25) is 0 Å². The van der Waals surface area contributed by atoms with Gasteiger partial charge in [-0.1, -0.05) is 25.0 Å². The second-order valence-electron chi connectivity index (χ2n) is 4.96. The Hall–Kier alpha value is -0.710. The SMILES string of the molecule is CCOc1cccc(C(CSC2CCCC2)NN)c1. The normalized spacial score (nSPS) is 17.6. The Labute approximate surface area is 120 Å². The van der Waals surface area contributed by atoms with Crippen LogP contribution in [0.5, 0.6) is 5.75 Å². The molecule has 1 atom stereocenters. The van der Waals surface area contributed by atoms with Crippen molar-refractivity contribution in [2.45, 2.75) is 43.9 Å². The van der Waals surface area contributed by atoms with Gasteiger partial charge in [0.05, 0.1) is 12.6 Å². The summed E-state index contributed by atoms with van der Waals surface area (Å²) in [5.41, 5.74) is 4.14. The molecule has 0 spiro atoms. The quantitative estimate of drug-likeness (QED) is 0.594. The van der Waals surface area contributed by atoms with Crippen LogP contribution in [-0.4, -0.2) is 17.6 Å². The summed E-state index contributed by atoms with van der Waals surface area (Å²) in [5, 5.41) is 0.825. The predicted octanol–water partition coefficient (Wildman–Crippen LogP) is 3.27. The lowest BCUT2D eigenvalue weighted by Gasteiger charge is -2.19. The third-order valence-electron chi connectivity index (χ3n) is 3.57. The second-order valence-corrected chi connectivity index (χ2v) is 6.30. The molecular weight excluding hydrogens is 256 g/mol. The zero-order valence-corrected chi connectivity index (χ0v) is 12.4. The largest absolute Gasteiger partial charge is 0.494 e. The van der Waals surface area contributed by atoms with Crippen LogP contribution in [-0.2, 0) is 0 Å². The van der Waals surface area contributed by atoms with Crippen molar-refractivity contribution in [2.24, 2.45) is 5.84 Å². The Morgan fingerprint density at radius 3 is 2.89 bits per heavy atom. The maximum Gasteiger partial charge on any atom is 0.119 e. The summed E-state index contributed by atoms with van der Waals surface area (Å²) >= 11 is 2.05. The molecule has 0 heterocycles. The van der Waals surface area contributed by atoms with E-state index in [9.17, 15) is 0 Å². The lowest BCUT2D eigenvalue weighted by atomic mass is 10.1. The summed E-state index contributed by atoms with van der Waals surface area (Å²) in [7, 11) is 0. The standard InChI is InChI=1S/C15H24N2OS/c1-2-18-13-7-5-6-12(10-13)15(17-16)11-19-14-8-3-4-9-14/h5-7,10,14-15,17H,2-4,8-9,11,16H2,1H3. The number of rotatable bonds is 7. The molecule has 0 radical (unpaired) electrons. The summed E-state index contributed by atoms with van der Waals surface area (Å²) in [6.45, 7) is 2.70. The molecule has 1 unspecified atom stereocenters. The average molecular weight is 280 g/mol. The number of benzene rings is 1. The van der Waals surface area contributed by atoms with Crippen LogP contribution in [0.25, 0.3) is 0 Å². The summed E-state index contributed by atoms with van der Waals surface area (Å²) in [5.74, 6) is 7.66. The third-order valence-corrected chi connectivity index (χ3v) is 5.04. The first-order chi connectivity index (χ1) is 9.33. The molecule has 0 amide bonds. The molecule has 1 aliphatic rings.